The Kier molecular flexibility index (Phi) is 13.3. The third-order valence-electron chi connectivity index (χ3n) is 1.69. The van der Waals surface area contributed by atoms with Gasteiger partial charge in [-0.3, -0.25) is 0 Å². The molecule has 0 aliphatic heterocycles. The molecule has 0 saturated carbocycles. The highest BCUT2D eigenvalue weighted by Gasteiger charge is 2.09. The van der Waals surface area contributed by atoms with Crippen molar-refractivity contribution >= 4 is 74.0 Å². The monoisotopic (exact) mass is 306 g/mol. The maximum absolute atomic E-state index is 4.32. The van der Waals surface area contributed by atoms with Gasteiger partial charge in [-0.15, -0.1) is 11.8 Å². The van der Waals surface area contributed by atoms with Crippen LogP contribution in [0.15, 0.2) is 0 Å². The van der Waals surface area contributed by atoms with Gasteiger partial charge in [0.2, 0.25) is 0 Å². The molecule has 0 saturated heterocycles. The minimum absolute atomic E-state index is 0.626. The molecule has 1 unspecified atom stereocenters. The topological polar surface area (TPSA) is 0 Å². The summed E-state index contributed by atoms with van der Waals surface area (Å²) in [6, 6.07) is 0. The summed E-state index contributed by atoms with van der Waals surface area (Å²) >= 11 is 21.0. The van der Waals surface area contributed by atoms with Gasteiger partial charge in [0.1, 0.15) is 0 Å². The Morgan fingerprint density at radius 1 is 0.857 bits per heavy atom. The van der Waals surface area contributed by atoms with Crippen LogP contribution in [0.2, 0.25) is 0 Å². The van der Waals surface area contributed by atoms with Gasteiger partial charge in [0.05, 0.1) is 0 Å². The molecule has 0 spiro atoms. The summed E-state index contributed by atoms with van der Waals surface area (Å²) in [4.78, 5) is 0. The van der Waals surface area contributed by atoms with Gasteiger partial charge in [-0.25, -0.2) is 0 Å². The third-order valence-corrected chi connectivity index (χ3v) is 6.37. The highest BCUT2D eigenvalue weighted by molar-refractivity contribution is 8.11. The van der Waals surface area contributed by atoms with E-state index in [2.05, 4.69) is 50.5 Å². The molecule has 14 heavy (non-hydrogen) atoms. The molecule has 0 bridgehead atoms. The van der Waals surface area contributed by atoms with Gasteiger partial charge in [-0.05, 0) is 23.2 Å². The van der Waals surface area contributed by atoms with Gasteiger partial charge < -0.3 is 0 Å². The van der Waals surface area contributed by atoms with Crippen LogP contribution in [0.1, 0.15) is 0 Å². The lowest BCUT2D eigenvalue weighted by Crippen LogP contribution is -2.13. The van der Waals surface area contributed by atoms with E-state index in [1.807, 2.05) is 23.5 Å². The normalized spacial score (nSPS) is 13.5. The fraction of sp³-hybridized carbons (Fsp3) is 1.00. The van der Waals surface area contributed by atoms with Gasteiger partial charge in [0, 0.05) is 21.8 Å². The Hall–Kier alpha value is 2.10. The molecule has 0 nitrogen and oxygen atoms in total. The van der Waals surface area contributed by atoms with E-state index in [1.54, 1.807) is 0 Å². The van der Waals surface area contributed by atoms with E-state index in [9.17, 15) is 0 Å². The van der Waals surface area contributed by atoms with E-state index < -0.39 is 0 Å². The average Bonchev–Trinajstić information content (AvgIpc) is 2.23. The van der Waals surface area contributed by atoms with Crippen LogP contribution in [0, 0.1) is 5.92 Å². The minimum atomic E-state index is 0.626. The summed E-state index contributed by atoms with van der Waals surface area (Å²) in [6.07, 6.45) is 0. The first-order valence-electron chi connectivity index (χ1n) is 4.41. The van der Waals surface area contributed by atoms with Gasteiger partial charge in [-0.2, -0.15) is 62.3 Å². The summed E-state index contributed by atoms with van der Waals surface area (Å²) in [7, 11) is 0. The lowest BCUT2D eigenvalue weighted by atomic mass is 10.3. The number of rotatable bonds is 9. The first-order chi connectivity index (χ1) is 6.78. The highest BCUT2D eigenvalue weighted by atomic mass is 32.2. The molecule has 1 atom stereocenters. The zero-order valence-electron chi connectivity index (χ0n) is 8.00. The molecule has 0 aromatic carbocycles. The number of hydrogen-bond acceptors (Lipinski definition) is 6. The van der Waals surface area contributed by atoms with Crippen molar-refractivity contribution in [1.29, 1.82) is 0 Å². The molecular weight excluding hydrogens is 288 g/mol. The fourth-order valence-corrected chi connectivity index (χ4v) is 5.19. The standard InChI is InChI=1S/C8H18S6/c9-1-7(2-10)4-13-5-8(3-11)14-6-12/h7-12H,1-6H2. The molecule has 6 heteroatoms. The van der Waals surface area contributed by atoms with Crippen LogP contribution in [0.4, 0.5) is 0 Å². The van der Waals surface area contributed by atoms with Crippen LogP contribution in [-0.4, -0.2) is 39.1 Å². The largest absolute Gasteiger partial charge is 0.179 e. The predicted octanol–water partition coefficient (Wildman–Crippen LogP) is 3.11. The summed E-state index contributed by atoms with van der Waals surface area (Å²) in [6.45, 7) is 0. The summed E-state index contributed by atoms with van der Waals surface area (Å²) in [5, 5.41) is 1.51. The third kappa shape index (κ3) is 8.28. The predicted molar refractivity (Wildman–Crippen MR) is 87.6 cm³/mol. The van der Waals surface area contributed by atoms with Crippen LogP contribution in [0.25, 0.3) is 0 Å². The molecule has 0 aliphatic rings. The molecular formula is C8H18S6. The molecule has 0 amide bonds. The van der Waals surface area contributed by atoms with Crippen LogP contribution in [0.5, 0.6) is 0 Å². The zero-order chi connectivity index (χ0) is 10.8. The molecule has 0 rings (SSSR count). The summed E-state index contributed by atoms with van der Waals surface area (Å²) in [5.41, 5.74) is 0. The Labute approximate surface area is 118 Å². The van der Waals surface area contributed by atoms with Crippen molar-refractivity contribution < 1.29 is 0 Å². The molecule has 0 radical (unpaired) electrons. The van der Waals surface area contributed by atoms with Crippen molar-refractivity contribution in [2.45, 2.75) is 5.25 Å². The fourth-order valence-electron chi connectivity index (χ4n) is 0.788. The Morgan fingerprint density at radius 3 is 1.93 bits per heavy atom. The number of thioether (sulfide) groups is 2. The van der Waals surface area contributed by atoms with Crippen molar-refractivity contribution in [3.63, 3.8) is 0 Å². The SMILES string of the molecule is SCSC(CS)CSCC(CS)CS. The quantitative estimate of drug-likeness (QED) is 0.382. The van der Waals surface area contributed by atoms with Gasteiger partial charge in [0.15, 0.2) is 0 Å². The first kappa shape index (κ1) is 16.1. The minimum Gasteiger partial charge on any atom is -0.179 e. The first-order valence-corrected chi connectivity index (χ1v) is 9.14. The van der Waals surface area contributed by atoms with E-state index >= 15 is 0 Å². The molecule has 0 heterocycles. The molecule has 0 fully saturated rings. The molecule has 0 N–H and O–H groups in total. The average molecular weight is 307 g/mol. The van der Waals surface area contributed by atoms with Crippen molar-refractivity contribution in [2.75, 3.05) is 33.8 Å². The van der Waals surface area contributed by atoms with E-state index in [0.29, 0.717) is 11.2 Å². The lowest BCUT2D eigenvalue weighted by molar-refractivity contribution is 0.783. The second-order valence-corrected chi connectivity index (χ2v) is 7.07. The summed E-state index contributed by atoms with van der Waals surface area (Å²) < 4.78 is 0. The number of thiol groups is 4. The molecule has 0 aliphatic carbocycles. The maximum atomic E-state index is 4.32. The Bertz CT molecular complexity index is 116. The van der Waals surface area contributed by atoms with Gasteiger partial charge in [-0.1, -0.05) is 0 Å². The highest BCUT2D eigenvalue weighted by Crippen LogP contribution is 2.20. The van der Waals surface area contributed by atoms with Crippen LogP contribution in [-0.2, 0) is 0 Å². The van der Waals surface area contributed by atoms with Crippen LogP contribution < -0.4 is 0 Å². The second-order valence-electron chi connectivity index (χ2n) is 2.87. The number of hydrogen-bond donors (Lipinski definition) is 4. The molecule has 86 valence electrons. The Morgan fingerprint density at radius 2 is 1.50 bits per heavy atom. The van der Waals surface area contributed by atoms with Crippen molar-refractivity contribution in [2.24, 2.45) is 5.92 Å². The maximum Gasteiger partial charge on any atom is 0.0365 e. The van der Waals surface area contributed by atoms with Crippen molar-refractivity contribution in [3.8, 4) is 0 Å². The molecule has 0 aromatic rings. The molecule has 0 aromatic heterocycles. The van der Waals surface area contributed by atoms with Crippen molar-refractivity contribution in [3.05, 3.63) is 0 Å². The van der Waals surface area contributed by atoms with E-state index in [1.165, 1.54) is 0 Å². The zero-order valence-corrected chi connectivity index (χ0v) is 13.2. The second kappa shape index (κ2) is 11.6. The van der Waals surface area contributed by atoms with Gasteiger partial charge in [0.25, 0.3) is 0 Å². The van der Waals surface area contributed by atoms with Crippen molar-refractivity contribution in [1.82, 2.24) is 0 Å². The van der Waals surface area contributed by atoms with Gasteiger partial charge >= 0.3 is 0 Å². The van der Waals surface area contributed by atoms with Crippen LogP contribution in [0.3, 0.4) is 0 Å². The lowest BCUT2D eigenvalue weighted by Gasteiger charge is -2.15. The van der Waals surface area contributed by atoms with E-state index in [4.69, 9.17) is 0 Å². The Balaban J connectivity index is 3.48. The van der Waals surface area contributed by atoms with Crippen LogP contribution >= 0.6 is 74.0 Å². The van der Waals surface area contributed by atoms with E-state index in [-0.39, 0.29) is 0 Å². The smallest absolute Gasteiger partial charge is 0.0365 e. The van der Waals surface area contributed by atoms with E-state index in [0.717, 1.165) is 33.8 Å². The summed E-state index contributed by atoms with van der Waals surface area (Å²) in [5.74, 6) is 5.75.